The zero-order valence-electron chi connectivity index (χ0n) is 8.01. The average molecular weight is 180 g/mol. The van der Waals surface area contributed by atoms with Crippen LogP contribution in [0, 0.1) is 0 Å². The number of hydrogen-bond donors (Lipinski definition) is 2. The smallest absolute Gasteiger partial charge is 0.150 e. The molecule has 72 valence electrons. The molecule has 1 atom stereocenters. The number of H-pyrrole nitrogens is 1. The van der Waals surface area contributed by atoms with E-state index in [9.17, 15) is 0 Å². The van der Waals surface area contributed by atoms with Crippen molar-refractivity contribution in [2.45, 2.75) is 38.6 Å². The Hall–Kier alpha value is -0.900. The van der Waals surface area contributed by atoms with Gasteiger partial charge in [-0.05, 0) is 19.4 Å². The standard InChI is InChI=1S/C9H16N4/c1-2-8-11-9(13-12-8)6-7-4-3-5-10-7/h7,10H,2-6H2,1H3,(H,11,12,13). The van der Waals surface area contributed by atoms with Gasteiger partial charge in [0.05, 0.1) is 0 Å². The lowest BCUT2D eigenvalue weighted by atomic mass is 10.1. The van der Waals surface area contributed by atoms with E-state index in [1.807, 2.05) is 0 Å². The van der Waals surface area contributed by atoms with E-state index in [1.54, 1.807) is 0 Å². The molecule has 1 saturated heterocycles. The Bertz CT molecular complexity index is 262. The van der Waals surface area contributed by atoms with Crippen LogP contribution in [0.25, 0.3) is 0 Å². The second-order valence-electron chi connectivity index (χ2n) is 3.55. The second-order valence-corrected chi connectivity index (χ2v) is 3.55. The van der Waals surface area contributed by atoms with Crippen LogP contribution in [-0.4, -0.2) is 27.8 Å². The Kier molecular flexibility index (Phi) is 2.59. The van der Waals surface area contributed by atoms with Gasteiger partial charge in [-0.15, -0.1) is 0 Å². The number of nitrogens with zero attached hydrogens (tertiary/aromatic N) is 2. The molecule has 0 saturated carbocycles. The van der Waals surface area contributed by atoms with Crippen LogP contribution in [0.3, 0.4) is 0 Å². The zero-order chi connectivity index (χ0) is 9.10. The maximum absolute atomic E-state index is 4.39. The minimum atomic E-state index is 0.609. The van der Waals surface area contributed by atoms with Crippen molar-refractivity contribution < 1.29 is 0 Å². The fourth-order valence-electron chi connectivity index (χ4n) is 1.75. The summed E-state index contributed by atoms with van der Waals surface area (Å²) in [6.07, 6.45) is 4.46. The summed E-state index contributed by atoms with van der Waals surface area (Å²) in [6.45, 7) is 3.22. The maximum atomic E-state index is 4.39. The van der Waals surface area contributed by atoms with Gasteiger partial charge in [0.1, 0.15) is 11.6 Å². The predicted octanol–water partition coefficient (Wildman–Crippen LogP) is 0.662. The summed E-state index contributed by atoms with van der Waals surface area (Å²) in [6, 6.07) is 0.609. The van der Waals surface area contributed by atoms with E-state index in [2.05, 4.69) is 27.4 Å². The van der Waals surface area contributed by atoms with Crippen molar-refractivity contribution in [1.29, 1.82) is 0 Å². The minimum Gasteiger partial charge on any atom is -0.314 e. The summed E-state index contributed by atoms with van der Waals surface area (Å²) in [7, 11) is 0. The van der Waals surface area contributed by atoms with Crippen molar-refractivity contribution in [3.8, 4) is 0 Å². The molecule has 0 aromatic carbocycles. The number of aromatic amines is 1. The molecule has 1 aliphatic rings. The van der Waals surface area contributed by atoms with Crippen LogP contribution in [-0.2, 0) is 12.8 Å². The first kappa shape index (κ1) is 8.69. The quantitative estimate of drug-likeness (QED) is 0.718. The molecule has 1 fully saturated rings. The Morgan fingerprint density at radius 2 is 2.46 bits per heavy atom. The van der Waals surface area contributed by atoms with Crippen molar-refractivity contribution in [2.75, 3.05) is 6.54 Å². The third-order valence-corrected chi connectivity index (χ3v) is 2.50. The Labute approximate surface area is 78.1 Å². The molecule has 2 heterocycles. The molecule has 2 rings (SSSR count). The predicted molar refractivity (Wildman–Crippen MR) is 50.5 cm³/mol. The Morgan fingerprint density at radius 3 is 3.08 bits per heavy atom. The van der Waals surface area contributed by atoms with Crippen LogP contribution in [0.15, 0.2) is 0 Å². The third kappa shape index (κ3) is 2.06. The zero-order valence-corrected chi connectivity index (χ0v) is 8.01. The molecular weight excluding hydrogens is 164 g/mol. The van der Waals surface area contributed by atoms with E-state index < -0.39 is 0 Å². The molecule has 0 amide bonds. The van der Waals surface area contributed by atoms with Crippen LogP contribution in [0.1, 0.15) is 31.4 Å². The number of nitrogens with one attached hydrogen (secondary N) is 2. The van der Waals surface area contributed by atoms with Crippen molar-refractivity contribution >= 4 is 0 Å². The van der Waals surface area contributed by atoms with E-state index in [4.69, 9.17) is 0 Å². The highest BCUT2D eigenvalue weighted by molar-refractivity contribution is 4.94. The lowest BCUT2D eigenvalue weighted by molar-refractivity contribution is 0.586. The number of hydrogen-bond acceptors (Lipinski definition) is 3. The molecule has 0 spiro atoms. The maximum Gasteiger partial charge on any atom is 0.150 e. The summed E-state index contributed by atoms with van der Waals surface area (Å²) in [4.78, 5) is 4.39. The fourth-order valence-corrected chi connectivity index (χ4v) is 1.75. The van der Waals surface area contributed by atoms with Crippen molar-refractivity contribution in [3.05, 3.63) is 11.6 Å². The lowest BCUT2D eigenvalue weighted by Gasteiger charge is -2.05. The number of aryl methyl sites for hydroxylation is 1. The molecular formula is C9H16N4. The highest BCUT2D eigenvalue weighted by atomic mass is 15.2. The van der Waals surface area contributed by atoms with Crippen LogP contribution >= 0.6 is 0 Å². The molecule has 1 unspecified atom stereocenters. The van der Waals surface area contributed by atoms with Crippen LogP contribution < -0.4 is 5.32 Å². The van der Waals surface area contributed by atoms with Crippen LogP contribution in [0.4, 0.5) is 0 Å². The largest absolute Gasteiger partial charge is 0.314 e. The molecule has 0 radical (unpaired) electrons. The topological polar surface area (TPSA) is 53.6 Å². The first-order chi connectivity index (χ1) is 6.38. The molecule has 0 aliphatic carbocycles. The third-order valence-electron chi connectivity index (χ3n) is 2.50. The summed E-state index contributed by atoms with van der Waals surface area (Å²) >= 11 is 0. The Balaban J connectivity index is 1.92. The van der Waals surface area contributed by atoms with E-state index in [0.717, 1.165) is 31.0 Å². The fraction of sp³-hybridized carbons (Fsp3) is 0.778. The summed E-state index contributed by atoms with van der Waals surface area (Å²) < 4.78 is 0. The normalized spacial score (nSPS) is 22.4. The first-order valence-electron chi connectivity index (χ1n) is 5.02. The van der Waals surface area contributed by atoms with Crippen molar-refractivity contribution in [1.82, 2.24) is 20.5 Å². The van der Waals surface area contributed by atoms with E-state index in [0.29, 0.717) is 6.04 Å². The highest BCUT2D eigenvalue weighted by Crippen LogP contribution is 2.09. The number of aromatic nitrogens is 3. The minimum absolute atomic E-state index is 0.609. The summed E-state index contributed by atoms with van der Waals surface area (Å²) in [5.74, 6) is 1.95. The van der Waals surface area contributed by atoms with Gasteiger partial charge >= 0.3 is 0 Å². The van der Waals surface area contributed by atoms with Gasteiger partial charge < -0.3 is 5.32 Å². The van der Waals surface area contributed by atoms with Gasteiger partial charge in [-0.3, -0.25) is 5.10 Å². The molecule has 0 bridgehead atoms. The van der Waals surface area contributed by atoms with Crippen LogP contribution in [0.5, 0.6) is 0 Å². The van der Waals surface area contributed by atoms with Crippen LogP contribution in [0.2, 0.25) is 0 Å². The summed E-state index contributed by atoms with van der Waals surface area (Å²) in [5, 5.41) is 10.5. The molecule has 1 aromatic rings. The Morgan fingerprint density at radius 1 is 1.54 bits per heavy atom. The van der Waals surface area contributed by atoms with E-state index in [1.165, 1.54) is 12.8 Å². The molecule has 4 nitrogen and oxygen atoms in total. The SMILES string of the molecule is CCc1n[nH]c(CC2CCCN2)n1. The monoisotopic (exact) mass is 180 g/mol. The highest BCUT2D eigenvalue weighted by Gasteiger charge is 2.15. The lowest BCUT2D eigenvalue weighted by Crippen LogP contribution is -2.24. The molecule has 1 aliphatic heterocycles. The first-order valence-corrected chi connectivity index (χ1v) is 5.02. The van der Waals surface area contributed by atoms with Crippen molar-refractivity contribution in [2.24, 2.45) is 0 Å². The average Bonchev–Trinajstić information content (AvgIpc) is 2.76. The molecule has 2 N–H and O–H groups in total. The van der Waals surface area contributed by atoms with Gasteiger partial charge in [0.2, 0.25) is 0 Å². The second kappa shape index (κ2) is 3.87. The summed E-state index contributed by atoms with van der Waals surface area (Å²) in [5.41, 5.74) is 0. The van der Waals surface area contributed by atoms with Crippen molar-refractivity contribution in [3.63, 3.8) is 0 Å². The van der Waals surface area contributed by atoms with Gasteiger partial charge in [-0.1, -0.05) is 6.92 Å². The van der Waals surface area contributed by atoms with Gasteiger partial charge in [-0.25, -0.2) is 4.98 Å². The molecule has 4 heteroatoms. The molecule has 13 heavy (non-hydrogen) atoms. The van der Waals surface area contributed by atoms with E-state index >= 15 is 0 Å². The van der Waals surface area contributed by atoms with E-state index in [-0.39, 0.29) is 0 Å². The van der Waals surface area contributed by atoms with Gasteiger partial charge in [0.25, 0.3) is 0 Å². The number of rotatable bonds is 3. The van der Waals surface area contributed by atoms with Gasteiger partial charge in [0.15, 0.2) is 0 Å². The van der Waals surface area contributed by atoms with Gasteiger partial charge in [-0.2, -0.15) is 5.10 Å². The van der Waals surface area contributed by atoms with Gasteiger partial charge in [0, 0.05) is 18.9 Å². The molecule has 1 aromatic heterocycles.